The molecule has 1 fully saturated rings. The molecule has 2 N–H and O–H groups in total. The van der Waals surface area contributed by atoms with Gasteiger partial charge in [-0.25, -0.2) is 0 Å². The van der Waals surface area contributed by atoms with E-state index in [0.29, 0.717) is 17.3 Å². The van der Waals surface area contributed by atoms with Crippen molar-refractivity contribution in [3.63, 3.8) is 0 Å². The molecular formula is C17H24N2OS. The Kier molecular flexibility index (Phi) is 5.74. The van der Waals surface area contributed by atoms with Crippen LogP contribution in [0.2, 0.25) is 0 Å². The van der Waals surface area contributed by atoms with Crippen LogP contribution in [-0.4, -0.2) is 29.4 Å². The number of thiocarbonyl (C=S) groups is 1. The summed E-state index contributed by atoms with van der Waals surface area (Å²) >= 11 is 4.93. The third-order valence-corrected chi connectivity index (χ3v) is 4.51. The predicted molar refractivity (Wildman–Crippen MR) is 90.2 cm³/mol. The van der Waals surface area contributed by atoms with Crippen LogP contribution in [0.4, 0.5) is 0 Å². The topological polar surface area (TPSA) is 46.3 Å². The Hall–Kier alpha value is -1.42. The Balaban J connectivity index is 1.86. The van der Waals surface area contributed by atoms with Crippen LogP contribution in [0.1, 0.15) is 43.2 Å². The Morgan fingerprint density at radius 2 is 1.86 bits per heavy atom. The summed E-state index contributed by atoms with van der Waals surface area (Å²) in [6, 6.07) is 7.62. The highest BCUT2D eigenvalue weighted by Crippen LogP contribution is 2.24. The second-order valence-corrected chi connectivity index (χ2v) is 6.46. The number of amides is 1. The van der Waals surface area contributed by atoms with Crippen LogP contribution in [-0.2, 0) is 11.2 Å². The van der Waals surface area contributed by atoms with Crippen molar-refractivity contribution in [2.75, 3.05) is 13.6 Å². The first-order valence-electron chi connectivity index (χ1n) is 7.69. The lowest BCUT2D eigenvalue weighted by Crippen LogP contribution is -2.33. The van der Waals surface area contributed by atoms with Crippen LogP contribution in [0.3, 0.4) is 0 Å². The van der Waals surface area contributed by atoms with Crippen molar-refractivity contribution in [1.29, 1.82) is 0 Å². The number of carbonyl (C=O) groups excluding carboxylic acids is 1. The summed E-state index contributed by atoms with van der Waals surface area (Å²) in [5, 5.41) is 0. The highest BCUT2D eigenvalue weighted by atomic mass is 32.1. The Morgan fingerprint density at radius 3 is 2.43 bits per heavy atom. The zero-order chi connectivity index (χ0) is 15.2. The summed E-state index contributed by atoms with van der Waals surface area (Å²) < 4.78 is 0. The normalized spacial score (nSPS) is 15.7. The number of benzene rings is 1. The number of hydrogen-bond donors (Lipinski definition) is 1. The van der Waals surface area contributed by atoms with Crippen LogP contribution in [0.25, 0.3) is 0 Å². The lowest BCUT2D eigenvalue weighted by atomic mass is 9.89. The molecule has 0 radical (unpaired) electrons. The number of hydrogen-bond acceptors (Lipinski definition) is 2. The van der Waals surface area contributed by atoms with Crippen LogP contribution in [0.15, 0.2) is 24.3 Å². The SMILES string of the molecule is CN(CC1CCCCC1)C(=O)Cc1ccc(C(N)=S)cc1. The minimum atomic E-state index is 0.184. The largest absolute Gasteiger partial charge is 0.389 e. The van der Waals surface area contributed by atoms with Gasteiger partial charge in [-0.2, -0.15) is 0 Å². The molecule has 21 heavy (non-hydrogen) atoms. The van der Waals surface area contributed by atoms with Gasteiger partial charge in [0, 0.05) is 19.2 Å². The Morgan fingerprint density at radius 1 is 1.24 bits per heavy atom. The van der Waals surface area contributed by atoms with Gasteiger partial charge in [0.25, 0.3) is 0 Å². The molecule has 1 aromatic rings. The molecule has 3 nitrogen and oxygen atoms in total. The van der Waals surface area contributed by atoms with E-state index < -0.39 is 0 Å². The maximum atomic E-state index is 12.3. The molecule has 0 saturated heterocycles. The fourth-order valence-corrected chi connectivity index (χ4v) is 3.09. The number of nitrogens with zero attached hydrogens (tertiary/aromatic N) is 1. The first kappa shape index (κ1) is 16.0. The highest BCUT2D eigenvalue weighted by Gasteiger charge is 2.18. The van der Waals surface area contributed by atoms with Gasteiger partial charge in [0.05, 0.1) is 6.42 Å². The minimum Gasteiger partial charge on any atom is -0.389 e. The molecule has 0 aromatic heterocycles. The maximum absolute atomic E-state index is 12.3. The molecule has 1 aliphatic rings. The molecule has 0 aliphatic heterocycles. The van der Waals surface area contributed by atoms with Crippen molar-refractivity contribution in [2.24, 2.45) is 11.7 Å². The van der Waals surface area contributed by atoms with Crippen molar-refractivity contribution in [1.82, 2.24) is 4.90 Å². The third kappa shape index (κ3) is 4.81. The van der Waals surface area contributed by atoms with E-state index in [1.807, 2.05) is 36.2 Å². The third-order valence-electron chi connectivity index (χ3n) is 4.28. The predicted octanol–water partition coefficient (Wildman–Crippen LogP) is 2.90. The summed E-state index contributed by atoms with van der Waals surface area (Å²) in [6.07, 6.45) is 6.95. The molecule has 4 heteroatoms. The van der Waals surface area contributed by atoms with Crippen molar-refractivity contribution in [2.45, 2.75) is 38.5 Å². The number of nitrogens with two attached hydrogens (primary N) is 1. The zero-order valence-electron chi connectivity index (χ0n) is 12.7. The Labute approximate surface area is 132 Å². The van der Waals surface area contributed by atoms with E-state index >= 15 is 0 Å². The lowest BCUT2D eigenvalue weighted by molar-refractivity contribution is -0.129. The van der Waals surface area contributed by atoms with Crippen molar-refractivity contribution >= 4 is 23.1 Å². The summed E-state index contributed by atoms with van der Waals surface area (Å²) in [4.78, 5) is 14.6. The zero-order valence-corrected chi connectivity index (χ0v) is 13.5. The van der Waals surface area contributed by atoms with Crippen molar-refractivity contribution in [3.8, 4) is 0 Å². The van der Waals surface area contributed by atoms with E-state index in [-0.39, 0.29) is 5.91 Å². The van der Waals surface area contributed by atoms with Gasteiger partial charge in [0.15, 0.2) is 0 Å². The summed E-state index contributed by atoms with van der Waals surface area (Å²) in [6.45, 7) is 0.893. The average Bonchev–Trinajstić information content (AvgIpc) is 2.48. The van der Waals surface area contributed by atoms with E-state index in [9.17, 15) is 4.79 Å². The fourth-order valence-electron chi connectivity index (χ4n) is 2.96. The molecule has 1 saturated carbocycles. The molecule has 114 valence electrons. The summed E-state index contributed by atoms with van der Waals surface area (Å²) in [7, 11) is 1.92. The molecule has 0 atom stereocenters. The quantitative estimate of drug-likeness (QED) is 0.851. The Bertz CT molecular complexity index is 492. The number of rotatable bonds is 5. The van der Waals surface area contributed by atoms with Gasteiger partial charge in [0.1, 0.15) is 4.99 Å². The first-order valence-corrected chi connectivity index (χ1v) is 8.10. The van der Waals surface area contributed by atoms with Gasteiger partial charge in [-0.3, -0.25) is 4.79 Å². The second-order valence-electron chi connectivity index (χ2n) is 6.02. The molecule has 0 bridgehead atoms. The maximum Gasteiger partial charge on any atom is 0.226 e. The molecule has 0 unspecified atom stereocenters. The molecule has 0 spiro atoms. The van der Waals surface area contributed by atoms with Crippen molar-refractivity contribution < 1.29 is 4.79 Å². The van der Waals surface area contributed by atoms with Crippen LogP contribution < -0.4 is 5.73 Å². The van der Waals surface area contributed by atoms with E-state index in [2.05, 4.69) is 0 Å². The summed E-state index contributed by atoms with van der Waals surface area (Å²) in [5.74, 6) is 0.869. The molecule has 2 rings (SSSR count). The lowest BCUT2D eigenvalue weighted by Gasteiger charge is -2.27. The second kappa shape index (κ2) is 7.55. The van der Waals surface area contributed by atoms with Gasteiger partial charge >= 0.3 is 0 Å². The van der Waals surface area contributed by atoms with E-state index in [0.717, 1.165) is 17.7 Å². The van der Waals surface area contributed by atoms with Gasteiger partial charge in [-0.05, 0) is 24.3 Å². The molecular weight excluding hydrogens is 280 g/mol. The molecule has 1 aromatic carbocycles. The molecule has 0 heterocycles. The standard InChI is InChI=1S/C17H24N2OS/c1-19(12-14-5-3-2-4-6-14)16(20)11-13-7-9-15(10-8-13)17(18)21/h7-10,14H,2-6,11-12H2,1H3,(H2,18,21). The van der Waals surface area contributed by atoms with Crippen molar-refractivity contribution in [3.05, 3.63) is 35.4 Å². The molecule has 1 aliphatic carbocycles. The minimum absolute atomic E-state index is 0.184. The van der Waals surface area contributed by atoms with E-state index in [1.54, 1.807) is 0 Å². The summed E-state index contributed by atoms with van der Waals surface area (Å²) in [5.41, 5.74) is 7.43. The van der Waals surface area contributed by atoms with Crippen LogP contribution in [0.5, 0.6) is 0 Å². The van der Waals surface area contributed by atoms with Crippen LogP contribution in [0, 0.1) is 5.92 Å². The van der Waals surface area contributed by atoms with E-state index in [1.165, 1.54) is 32.1 Å². The van der Waals surface area contributed by atoms with Gasteiger partial charge in [-0.1, -0.05) is 55.7 Å². The monoisotopic (exact) mass is 304 g/mol. The fraction of sp³-hybridized carbons (Fsp3) is 0.529. The molecule has 1 amide bonds. The highest BCUT2D eigenvalue weighted by molar-refractivity contribution is 7.80. The van der Waals surface area contributed by atoms with Crippen LogP contribution >= 0.6 is 12.2 Å². The average molecular weight is 304 g/mol. The smallest absolute Gasteiger partial charge is 0.226 e. The van der Waals surface area contributed by atoms with Gasteiger partial charge < -0.3 is 10.6 Å². The first-order chi connectivity index (χ1) is 10.1. The van der Waals surface area contributed by atoms with Gasteiger partial charge in [-0.15, -0.1) is 0 Å². The van der Waals surface area contributed by atoms with E-state index in [4.69, 9.17) is 18.0 Å². The number of carbonyl (C=O) groups is 1. The van der Waals surface area contributed by atoms with Gasteiger partial charge in [0.2, 0.25) is 5.91 Å². The number of likely N-dealkylation sites (N-methyl/N-ethyl adjacent to an activating group) is 1.